The molecule has 1 aromatic carbocycles. The third kappa shape index (κ3) is 7.21. The summed E-state index contributed by atoms with van der Waals surface area (Å²) in [5, 5.41) is 7.71. The molecule has 0 radical (unpaired) electrons. The van der Waals surface area contributed by atoms with E-state index < -0.39 is 0 Å². The van der Waals surface area contributed by atoms with Gasteiger partial charge in [-0.3, -0.25) is 0 Å². The topological polar surface area (TPSA) is 24.1 Å². The highest BCUT2D eigenvalue weighted by Gasteiger charge is 2.11. The molecule has 0 aliphatic heterocycles. The number of hydrogen-bond acceptors (Lipinski definition) is 1. The standard InChI is InChI=1S/C21H34N2S/c1-17-14-15-20(16-18(17)2)23-21(24)22-19-12-10-8-6-4-3-5-7-9-11-13-19/h14-16,19H,3-13H2,1-2H3,(H2,22,23,24). The van der Waals surface area contributed by atoms with Crippen LogP contribution in [0, 0.1) is 13.8 Å². The minimum Gasteiger partial charge on any atom is -0.360 e. The number of anilines is 1. The van der Waals surface area contributed by atoms with E-state index >= 15 is 0 Å². The first-order valence-corrected chi connectivity index (χ1v) is 10.2. The van der Waals surface area contributed by atoms with E-state index in [0.717, 1.165) is 10.8 Å². The van der Waals surface area contributed by atoms with Crippen molar-refractivity contribution in [1.29, 1.82) is 0 Å². The lowest BCUT2D eigenvalue weighted by atomic mass is 9.98. The molecule has 0 bridgehead atoms. The Morgan fingerprint density at radius 2 is 1.38 bits per heavy atom. The second-order valence-corrected chi connectivity index (χ2v) is 7.76. The van der Waals surface area contributed by atoms with E-state index in [9.17, 15) is 0 Å². The smallest absolute Gasteiger partial charge is 0.170 e. The number of thiocarbonyl (C=S) groups is 1. The fourth-order valence-corrected chi connectivity index (χ4v) is 3.76. The third-order valence-electron chi connectivity index (χ3n) is 5.21. The molecule has 3 heteroatoms. The quantitative estimate of drug-likeness (QED) is 0.618. The molecule has 1 aliphatic carbocycles. The third-order valence-corrected chi connectivity index (χ3v) is 5.43. The first-order valence-electron chi connectivity index (χ1n) is 9.80. The second-order valence-electron chi connectivity index (χ2n) is 7.35. The molecule has 1 saturated carbocycles. The first kappa shape index (κ1) is 19.2. The van der Waals surface area contributed by atoms with Crippen LogP contribution in [0.2, 0.25) is 0 Å². The number of benzene rings is 1. The Morgan fingerprint density at radius 1 is 0.833 bits per heavy atom. The van der Waals surface area contributed by atoms with Gasteiger partial charge in [0.1, 0.15) is 0 Å². The summed E-state index contributed by atoms with van der Waals surface area (Å²) in [5.74, 6) is 0. The van der Waals surface area contributed by atoms with Crippen LogP contribution in [0.5, 0.6) is 0 Å². The highest BCUT2D eigenvalue weighted by molar-refractivity contribution is 7.80. The average molecular weight is 347 g/mol. The minimum absolute atomic E-state index is 0.524. The summed E-state index contributed by atoms with van der Waals surface area (Å²) in [5.41, 5.74) is 3.70. The number of hydrogen-bond donors (Lipinski definition) is 2. The summed E-state index contributed by atoms with van der Waals surface area (Å²) in [4.78, 5) is 0. The van der Waals surface area contributed by atoms with Crippen LogP contribution >= 0.6 is 12.2 Å². The van der Waals surface area contributed by atoms with Crippen molar-refractivity contribution < 1.29 is 0 Å². The van der Waals surface area contributed by atoms with Crippen LogP contribution in [0.3, 0.4) is 0 Å². The number of nitrogens with one attached hydrogen (secondary N) is 2. The molecular weight excluding hydrogens is 312 g/mol. The largest absolute Gasteiger partial charge is 0.360 e. The van der Waals surface area contributed by atoms with Crippen molar-refractivity contribution in [2.45, 2.75) is 90.5 Å². The Morgan fingerprint density at radius 3 is 1.92 bits per heavy atom. The molecule has 1 aliphatic rings. The fourth-order valence-electron chi connectivity index (χ4n) is 3.48. The van der Waals surface area contributed by atoms with Crippen molar-refractivity contribution in [1.82, 2.24) is 5.32 Å². The lowest BCUT2D eigenvalue weighted by molar-refractivity contribution is 0.444. The number of aryl methyl sites for hydroxylation is 2. The maximum atomic E-state index is 5.56. The molecule has 2 nitrogen and oxygen atoms in total. The van der Waals surface area contributed by atoms with Gasteiger partial charge in [0.05, 0.1) is 0 Å². The predicted molar refractivity (Wildman–Crippen MR) is 110 cm³/mol. The Balaban J connectivity index is 1.83. The van der Waals surface area contributed by atoms with E-state index in [0.29, 0.717) is 6.04 Å². The molecule has 0 saturated heterocycles. The van der Waals surface area contributed by atoms with Gasteiger partial charge < -0.3 is 10.6 Å². The summed E-state index contributed by atoms with van der Waals surface area (Å²) in [7, 11) is 0. The van der Waals surface area contributed by atoms with Crippen molar-refractivity contribution in [3.8, 4) is 0 Å². The number of rotatable bonds is 2. The van der Waals surface area contributed by atoms with Gasteiger partial charge in [-0.15, -0.1) is 0 Å². The van der Waals surface area contributed by atoms with Gasteiger partial charge in [0, 0.05) is 11.7 Å². The summed E-state index contributed by atoms with van der Waals surface area (Å²) in [6.07, 6.45) is 15.0. The molecular formula is C21H34N2S. The molecule has 24 heavy (non-hydrogen) atoms. The minimum atomic E-state index is 0.524. The lowest BCUT2D eigenvalue weighted by Crippen LogP contribution is -2.37. The molecule has 1 aromatic rings. The second kappa shape index (κ2) is 10.7. The molecule has 0 amide bonds. The molecule has 0 unspecified atom stereocenters. The molecule has 2 N–H and O–H groups in total. The van der Waals surface area contributed by atoms with Gasteiger partial charge in [-0.25, -0.2) is 0 Å². The van der Waals surface area contributed by atoms with E-state index in [-0.39, 0.29) is 0 Å². The Labute approximate surface area is 153 Å². The van der Waals surface area contributed by atoms with Gasteiger partial charge in [-0.2, -0.15) is 0 Å². The van der Waals surface area contributed by atoms with Crippen molar-refractivity contribution >= 4 is 23.0 Å². The van der Waals surface area contributed by atoms with Gasteiger partial charge in [0.15, 0.2) is 5.11 Å². The Kier molecular flexibility index (Phi) is 8.58. The van der Waals surface area contributed by atoms with Crippen molar-refractivity contribution in [2.24, 2.45) is 0 Å². The first-order chi connectivity index (χ1) is 11.6. The van der Waals surface area contributed by atoms with Crippen LogP contribution in [0.4, 0.5) is 5.69 Å². The van der Waals surface area contributed by atoms with Crippen LogP contribution in [0.15, 0.2) is 18.2 Å². The van der Waals surface area contributed by atoms with Crippen LogP contribution in [-0.2, 0) is 0 Å². The normalized spacial score (nSPS) is 18.2. The molecule has 0 spiro atoms. The zero-order valence-electron chi connectivity index (χ0n) is 15.5. The van der Waals surface area contributed by atoms with Crippen molar-refractivity contribution in [2.75, 3.05) is 5.32 Å². The lowest BCUT2D eigenvalue weighted by Gasteiger charge is -2.22. The van der Waals surface area contributed by atoms with Gasteiger partial charge >= 0.3 is 0 Å². The zero-order chi connectivity index (χ0) is 17.2. The monoisotopic (exact) mass is 346 g/mol. The zero-order valence-corrected chi connectivity index (χ0v) is 16.3. The average Bonchev–Trinajstić information content (AvgIpc) is 2.53. The maximum absolute atomic E-state index is 5.56. The van der Waals surface area contributed by atoms with Crippen molar-refractivity contribution in [3.05, 3.63) is 29.3 Å². The fraction of sp³-hybridized carbons (Fsp3) is 0.667. The van der Waals surface area contributed by atoms with Gasteiger partial charge in [-0.05, 0) is 62.2 Å². The Hall–Kier alpha value is -1.09. The predicted octanol–water partition coefficient (Wildman–Crippen LogP) is 6.26. The van der Waals surface area contributed by atoms with Crippen LogP contribution in [0.1, 0.15) is 81.8 Å². The van der Waals surface area contributed by atoms with Crippen LogP contribution in [-0.4, -0.2) is 11.2 Å². The Bertz CT molecular complexity index is 501. The van der Waals surface area contributed by atoms with Gasteiger partial charge in [0.2, 0.25) is 0 Å². The van der Waals surface area contributed by atoms with Crippen LogP contribution < -0.4 is 10.6 Å². The summed E-state index contributed by atoms with van der Waals surface area (Å²) in [6, 6.07) is 6.95. The highest BCUT2D eigenvalue weighted by atomic mass is 32.1. The van der Waals surface area contributed by atoms with E-state index in [4.69, 9.17) is 12.2 Å². The molecule has 1 fully saturated rings. The molecule has 134 valence electrons. The molecule has 0 atom stereocenters. The maximum Gasteiger partial charge on any atom is 0.170 e. The highest BCUT2D eigenvalue weighted by Crippen LogP contribution is 2.18. The summed E-state index contributed by atoms with van der Waals surface area (Å²) < 4.78 is 0. The van der Waals surface area contributed by atoms with Gasteiger partial charge in [0.25, 0.3) is 0 Å². The van der Waals surface area contributed by atoms with E-state index in [1.54, 1.807) is 0 Å². The van der Waals surface area contributed by atoms with E-state index in [1.807, 2.05) is 0 Å². The molecule has 2 rings (SSSR count). The molecule has 0 aromatic heterocycles. The van der Waals surface area contributed by atoms with Crippen molar-refractivity contribution in [3.63, 3.8) is 0 Å². The van der Waals surface area contributed by atoms with Crippen LogP contribution in [0.25, 0.3) is 0 Å². The van der Waals surface area contributed by atoms with Gasteiger partial charge in [-0.1, -0.05) is 63.9 Å². The summed E-state index contributed by atoms with van der Waals surface area (Å²) >= 11 is 5.56. The summed E-state index contributed by atoms with van der Waals surface area (Å²) in [6.45, 7) is 4.28. The van der Waals surface area contributed by atoms with E-state index in [2.05, 4.69) is 42.7 Å². The molecule has 0 heterocycles. The SMILES string of the molecule is Cc1ccc(NC(=S)NC2CCCCCCCCCCC2)cc1C. The van der Waals surface area contributed by atoms with E-state index in [1.165, 1.54) is 81.8 Å².